The first-order valence-corrected chi connectivity index (χ1v) is 3.10. The van der Waals surface area contributed by atoms with Crippen LogP contribution < -0.4 is 0 Å². The second-order valence-corrected chi connectivity index (χ2v) is 2.97. The van der Waals surface area contributed by atoms with Crippen LogP contribution in [-0.2, 0) is 4.74 Å². The largest absolute Gasteiger partial charge is 0.381 e. The summed E-state index contributed by atoms with van der Waals surface area (Å²) in [6, 6.07) is 0. The minimum absolute atomic E-state index is 0.0226. The molecule has 1 aliphatic rings. The van der Waals surface area contributed by atoms with Gasteiger partial charge in [0.1, 0.15) is 6.73 Å². The maximum absolute atomic E-state index is 8.75. The Kier molecular flexibility index (Phi) is 1.75. The second-order valence-electron chi connectivity index (χ2n) is 2.97. The molecule has 0 spiro atoms. The lowest BCUT2D eigenvalue weighted by Crippen LogP contribution is -2.40. The molecule has 1 heterocycles. The van der Waals surface area contributed by atoms with Crippen LogP contribution in [0, 0.1) is 0 Å². The molecule has 0 aliphatic carbocycles. The van der Waals surface area contributed by atoms with Crippen LogP contribution in [0.1, 0.15) is 13.8 Å². The van der Waals surface area contributed by atoms with Gasteiger partial charge >= 0.3 is 0 Å². The Balaban J connectivity index is 2.52. The third kappa shape index (κ3) is 1.23. The van der Waals surface area contributed by atoms with Crippen molar-refractivity contribution < 1.29 is 9.84 Å². The minimum Gasteiger partial charge on any atom is -0.381 e. The van der Waals surface area contributed by atoms with E-state index in [0.29, 0.717) is 13.3 Å². The molecule has 1 saturated heterocycles. The summed E-state index contributed by atoms with van der Waals surface area (Å²) in [5.41, 5.74) is 0.0226. The standard InChI is InChI=1S/C6H13NO2/c1-6(2)3-9-5-7(6)4-8/h8H,3-5H2,1-2H3. The molecule has 0 radical (unpaired) electrons. The number of nitrogens with zero attached hydrogens (tertiary/aromatic N) is 1. The Morgan fingerprint density at radius 2 is 2.33 bits per heavy atom. The molecule has 0 aromatic carbocycles. The normalized spacial score (nSPS) is 27.0. The summed E-state index contributed by atoms with van der Waals surface area (Å²) < 4.78 is 5.13. The van der Waals surface area contributed by atoms with E-state index in [1.807, 2.05) is 4.90 Å². The van der Waals surface area contributed by atoms with Crippen molar-refractivity contribution in [1.82, 2.24) is 4.90 Å². The SMILES string of the molecule is CC1(C)COCN1CO. The summed E-state index contributed by atoms with van der Waals surface area (Å²) in [5, 5.41) is 8.75. The van der Waals surface area contributed by atoms with Crippen LogP contribution in [0.2, 0.25) is 0 Å². The van der Waals surface area contributed by atoms with Gasteiger partial charge in [0.2, 0.25) is 0 Å². The van der Waals surface area contributed by atoms with Gasteiger partial charge in [-0.1, -0.05) is 0 Å². The van der Waals surface area contributed by atoms with Crippen molar-refractivity contribution in [1.29, 1.82) is 0 Å². The van der Waals surface area contributed by atoms with Crippen LogP contribution in [-0.4, -0.2) is 35.6 Å². The van der Waals surface area contributed by atoms with E-state index >= 15 is 0 Å². The molecule has 1 fully saturated rings. The fourth-order valence-corrected chi connectivity index (χ4v) is 0.904. The number of ether oxygens (including phenoxy) is 1. The molecule has 1 aliphatic heterocycles. The Hall–Kier alpha value is -0.120. The van der Waals surface area contributed by atoms with E-state index < -0.39 is 0 Å². The Labute approximate surface area is 55.2 Å². The molecule has 0 unspecified atom stereocenters. The third-order valence-corrected chi connectivity index (χ3v) is 1.73. The topological polar surface area (TPSA) is 32.7 Å². The van der Waals surface area contributed by atoms with Gasteiger partial charge in [-0.3, -0.25) is 4.90 Å². The van der Waals surface area contributed by atoms with Crippen LogP contribution in [0.5, 0.6) is 0 Å². The van der Waals surface area contributed by atoms with Gasteiger partial charge in [0, 0.05) is 5.54 Å². The number of hydrogen-bond donors (Lipinski definition) is 1. The van der Waals surface area contributed by atoms with Crippen LogP contribution in [0.3, 0.4) is 0 Å². The molecule has 54 valence electrons. The third-order valence-electron chi connectivity index (χ3n) is 1.73. The van der Waals surface area contributed by atoms with Gasteiger partial charge in [0.15, 0.2) is 0 Å². The van der Waals surface area contributed by atoms with E-state index in [-0.39, 0.29) is 12.3 Å². The van der Waals surface area contributed by atoms with Crippen molar-refractivity contribution in [2.24, 2.45) is 0 Å². The molecule has 0 aromatic heterocycles. The molecule has 3 nitrogen and oxygen atoms in total. The molecule has 9 heavy (non-hydrogen) atoms. The Morgan fingerprint density at radius 1 is 1.67 bits per heavy atom. The van der Waals surface area contributed by atoms with E-state index in [9.17, 15) is 0 Å². The number of hydrogen-bond acceptors (Lipinski definition) is 3. The zero-order valence-corrected chi connectivity index (χ0v) is 5.92. The minimum atomic E-state index is 0.0226. The molecular formula is C6H13NO2. The summed E-state index contributed by atoms with van der Waals surface area (Å²) in [6.07, 6.45) is 0. The van der Waals surface area contributed by atoms with E-state index in [2.05, 4.69) is 13.8 Å². The lowest BCUT2D eigenvalue weighted by Gasteiger charge is -2.26. The molecule has 1 N–H and O–H groups in total. The fourth-order valence-electron chi connectivity index (χ4n) is 0.904. The molecular weight excluding hydrogens is 118 g/mol. The highest BCUT2D eigenvalue weighted by Crippen LogP contribution is 2.19. The van der Waals surface area contributed by atoms with E-state index in [1.165, 1.54) is 0 Å². The quantitative estimate of drug-likeness (QED) is 0.544. The summed E-state index contributed by atoms with van der Waals surface area (Å²) in [5.74, 6) is 0. The lowest BCUT2D eigenvalue weighted by atomic mass is 10.1. The molecule has 0 amide bonds. The van der Waals surface area contributed by atoms with Crippen molar-refractivity contribution in [3.63, 3.8) is 0 Å². The maximum Gasteiger partial charge on any atom is 0.101 e. The van der Waals surface area contributed by atoms with Crippen LogP contribution in [0.25, 0.3) is 0 Å². The summed E-state index contributed by atoms with van der Waals surface area (Å²) in [7, 11) is 0. The van der Waals surface area contributed by atoms with Gasteiger partial charge in [0.25, 0.3) is 0 Å². The Morgan fingerprint density at radius 3 is 2.56 bits per heavy atom. The first-order chi connectivity index (χ1) is 4.17. The number of aliphatic hydroxyl groups is 1. The fraction of sp³-hybridized carbons (Fsp3) is 1.00. The number of rotatable bonds is 1. The zero-order valence-electron chi connectivity index (χ0n) is 5.92. The summed E-state index contributed by atoms with van der Waals surface area (Å²) >= 11 is 0. The van der Waals surface area contributed by atoms with Crippen LogP contribution in [0.15, 0.2) is 0 Å². The van der Waals surface area contributed by atoms with Crippen molar-refractivity contribution in [3.8, 4) is 0 Å². The van der Waals surface area contributed by atoms with Gasteiger partial charge in [-0.05, 0) is 13.8 Å². The number of aliphatic hydroxyl groups excluding tert-OH is 1. The van der Waals surface area contributed by atoms with Crippen molar-refractivity contribution in [2.45, 2.75) is 19.4 Å². The molecule has 0 saturated carbocycles. The van der Waals surface area contributed by atoms with Crippen LogP contribution >= 0.6 is 0 Å². The Bertz CT molecular complexity index is 103. The van der Waals surface area contributed by atoms with E-state index in [1.54, 1.807) is 0 Å². The highest BCUT2D eigenvalue weighted by Gasteiger charge is 2.31. The van der Waals surface area contributed by atoms with E-state index in [4.69, 9.17) is 9.84 Å². The van der Waals surface area contributed by atoms with Crippen LogP contribution in [0.4, 0.5) is 0 Å². The van der Waals surface area contributed by atoms with Gasteiger partial charge < -0.3 is 9.84 Å². The average Bonchev–Trinajstić information content (AvgIpc) is 2.08. The van der Waals surface area contributed by atoms with Crippen molar-refractivity contribution >= 4 is 0 Å². The lowest BCUT2D eigenvalue weighted by molar-refractivity contribution is 0.0415. The molecule has 1 rings (SSSR count). The molecule has 0 bridgehead atoms. The van der Waals surface area contributed by atoms with Gasteiger partial charge in [-0.2, -0.15) is 0 Å². The highest BCUT2D eigenvalue weighted by molar-refractivity contribution is 4.81. The van der Waals surface area contributed by atoms with Crippen molar-refractivity contribution in [3.05, 3.63) is 0 Å². The van der Waals surface area contributed by atoms with Gasteiger partial charge in [0.05, 0.1) is 13.3 Å². The van der Waals surface area contributed by atoms with Gasteiger partial charge in [-0.25, -0.2) is 0 Å². The van der Waals surface area contributed by atoms with Gasteiger partial charge in [-0.15, -0.1) is 0 Å². The summed E-state index contributed by atoms with van der Waals surface area (Å²) in [4.78, 5) is 1.88. The molecule has 3 heteroatoms. The first kappa shape index (κ1) is 6.99. The van der Waals surface area contributed by atoms with Crippen molar-refractivity contribution in [2.75, 3.05) is 20.1 Å². The highest BCUT2D eigenvalue weighted by atomic mass is 16.5. The summed E-state index contributed by atoms with van der Waals surface area (Å²) in [6.45, 7) is 5.47. The predicted octanol–water partition coefficient (Wildman–Crippen LogP) is 0.00450. The van der Waals surface area contributed by atoms with E-state index in [0.717, 1.165) is 0 Å². The molecule has 0 aromatic rings. The average molecular weight is 131 g/mol. The predicted molar refractivity (Wildman–Crippen MR) is 33.8 cm³/mol. The zero-order chi connectivity index (χ0) is 6.91. The molecule has 0 atom stereocenters. The monoisotopic (exact) mass is 131 g/mol. The maximum atomic E-state index is 8.75. The second kappa shape index (κ2) is 2.25. The smallest absolute Gasteiger partial charge is 0.101 e. The first-order valence-electron chi connectivity index (χ1n) is 3.10.